The summed E-state index contributed by atoms with van der Waals surface area (Å²) in [7, 11) is 0. The second-order valence-corrected chi connectivity index (χ2v) is 10.8. The molecule has 0 spiro atoms. The van der Waals surface area contributed by atoms with Crippen molar-refractivity contribution in [2.45, 2.75) is 64.6 Å². The minimum Gasteiger partial charge on any atom is -0.465 e. The number of carbonyl (C=O) groups excluding carboxylic acids is 1. The number of nitrogens with zero attached hydrogens (tertiary/aromatic N) is 4. The van der Waals surface area contributed by atoms with E-state index in [1.54, 1.807) is 6.20 Å². The van der Waals surface area contributed by atoms with Gasteiger partial charge in [-0.05, 0) is 69.9 Å². The molecule has 0 aliphatic carbocycles. The van der Waals surface area contributed by atoms with Gasteiger partial charge in [-0.1, -0.05) is 6.92 Å². The molecule has 208 valence electrons. The molecule has 2 aliphatic rings. The Morgan fingerprint density at radius 3 is 2.49 bits per heavy atom. The monoisotopic (exact) mass is 536 g/mol. The molecule has 0 unspecified atom stereocenters. The highest BCUT2D eigenvalue weighted by molar-refractivity contribution is 5.97. The molecule has 3 N–H and O–H groups in total. The lowest BCUT2D eigenvalue weighted by atomic mass is 9.85. The van der Waals surface area contributed by atoms with E-state index in [1.807, 2.05) is 54.6 Å². The van der Waals surface area contributed by atoms with Crippen LogP contribution in [0.2, 0.25) is 0 Å². The van der Waals surface area contributed by atoms with Gasteiger partial charge in [-0.25, -0.2) is 4.79 Å². The molecule has 1 aromatic carbocycles. The predicted octanol–water partition coefficient (Wildman–Crippen LogP) is 3.91. The van der Waals surface area contributed by atoms with E-state index in [2.05, 4.69) is 17.2 Å². The van der Waals surface area contributed by atoms with Crippen LogP contribution in [0, 0.1) is 6.92 Å². The molecule has 11 heteroatoms. The number of aromatic amines is 1. The van der Waals surface area contributed by atoms with Crippen LogP contribution in [0.15, 0.2) is 35.3 Å². The molecule has 11 nitrogen and oxygen atoms in total. The third-order valence-corrected chi connectivity index (χ3v) is 8.30. The van der Waals surface area contributed by atoms with Gasteiger partial charge < -0.3 is 29.9 Å². The molecule has 2 saturated heterocycles. The molecule has 2 aromatic heterocycles. The van der Waals surface area contributed by atoms with Crippen LogP contribution >= 0.6 is 0 Å². The Balaban J connectivity index is 1.47. The van der Waals surface area contributed by atoms with Crippen molar-refractivity contribution in [1.29, 1.82) is 0 Å². The highest BCUT2D eigenvalue weighted by Crippen LogP contribution is 2.37. The first-order chi connectivity index (χ1) is 18.6. The molecule has 2 fully saturated rings. The van der Waals surface area contributed by atoms with Gasteiger partial charge in [0.05, 0.1) is 36.4 Å². The van der Waals surface area contributed by atoms with Gasteiger partial charge in [-0.2, -0.15) is 5.10 Å². The smallest absolute Gasteiger partial charge is 0.407 e. The summed E-state index contributed by atoms with van der Waals surface area (Å²) in [6, 6.07) is 7.37. The molecule has 2 aliphatic heterocycles. The number of anilines is 2. The lowest BCUT2D eigenvalue weighted by Gasteiger charge is -2.41. The average molecular weight is 537 g/mol. The Labute approximate surface area is 226 Å². The predicted molar refractivity (Wildman–Crippen MR) is 148 cm³/mol. The van der Waals surface area contributed by atoms with E-state index in [9.17, 15) is 19.5 Å². The van der Waals surface area contributed by atoms with Crippen molar-refractivity contribution < 1.29 is 19.4 Å². The summed E-state index contributed by atoms with van der Waals surface area (Å²) in [4.78, 5) is 43.9. The first-order valence-electron chi connectivity index (χ1n) is 13.5. The summed E-state index contributed by atoms with van der Waals surface area (Å²) >= 11 is 0. The van der Waals surface area contributed by atoms with Crippen molar-refractivity contribution >= 4 is 34.4 Å². The number of morpholine rings is 1. The Kier molecular flexibility index (Phi) is 7.11. The molecular formula is C28H36N6O5. The number of ether oxygens (including phenoxy) is 1. The highest BCUT2D eigenvalue weighted by Gasteiger charge is 2.39. The van der Waals surface area contributed by atoms with Crippen LogP contribution in [-0.4, -0.2) is 80.1 Å². The minimum absolute atomic E-state index is 0.00578. The number of H-pyrrole nitrogens is 1. The zero-order chi connectivity index (χ0) is 27.9. The van der Waals surface area contributed by atoms with Crippen LogP contribution in [0.3, 0.4) is 0 Å². The molecule has 2 amide bonds. The van der Waals surface area contributed by atoms with Gasteiger partial charge in [0.2, 0.25) is 0 Å². The fourth-order valence-corrected chi connectivity index (χ4v) is 6.02. The first-order valence-corrected chi connectivity index (χ1v) is 13.5. The third-order valence-electron chi connectivity index (χ3n) is 8.30. The maximum atomic E-state index is 13.4. The number of hydrogen-bond donors (Lipinski definition) is 3. The summed E-state index contributed by atoms with van der Waals surface area (Å²) in [6.45, 7) is 9.81. The van der Waals surface area contributed by atoms with Crippen LogP contribution < -0.4 is 10.9 Å². The van der Waals surface area contributed by atoms with Crippen molar-refractivity contribution in [1.82, 2.24) is 24.6 Å². The number of rotatable bonds is 5. The first kappa shape index (κ1) is 26.7. The molecule has 0 bridgehead atoms. The Hall–Kier alpha value is -3.86. The molecule has 2 atom stereocenters. The van der Waals surface area contributed by atoms with Gasteiger partial charge in [-0.3, -0.25) is 14.3 Å². The minimum atomic E-state index is -0.918. The van der Waals surface area contributed by atoms with Crippen molar-refractivity contribution in [2.24, 2.45) is 0 Å². The van der Waals surface area contributed by atoms with Crippen LogP contribution in [0.1, 0.15) is 56.0 Å². The molecule has 0 saturated carbocycles. The van der Waals surface area contributed by atoms with Crippen LogP contribution in [0.25, 0.3) is 10.9 Å². The number of aromatic nitrogens is 3. The fourth-order valence-electron chi connectivity index (χ4n) is 6.02. The number of aryl methyl sites for hydroxylation is 1. The molecule has 3 aromatic rings. The molecule has 4 heterocycles. The quantitative estimate of drug-likeness (QED) is 0.450. The zero-order valence-corrected chi connectivity index (χ0v) is 22.9. The Morgan fingerprint density at radius 2 is 1.87 bits per heavy atom. The van der Waals surface area contributed by atoms with Crippen LogP contribution in [0.5, 0.6) is 0 Å². The van der Waals surface area contributed by atoms with Crippen molar-refractivity contribution in [3.05, 3.63) is 51.9 Å². The summed E-state index contributed by atoms with van der Waals surface area (Å²) in [5, 5.41) is 18.1. The number of carboxylic acid groups (broad SMARTS) is 1. The summed E-state index contributed by atoms with van der Waals surface area (Å²) in [5.74, 6) is 0.403. The third kappa shape index (κ3) is 4.75. The molecular weight excluding hydrogens is 500 g/mol. The zero-order valence-electron chi connectivity index (χ0n) is 22.9. The lowest BCUT2D eigenvalue weighted by molar-refractivity contribution is -0.0249. The number of amides is 2. The number of likely N-dealkylation sites (tertiary alicyclic amines) is 1. The summed E-state index contributed by atoms with van der Waals surface area (Å²) < 4.78 is 7.49. The van der Waals surface area contributed by atoms with E-state index in [0.717, 1.165) is 12.0 Å². The van der Waals surface area contributed by atoms with E-state index < -0.39 is 11.6 Å². The average Bonchev–Trinajstić information content (AvgIpc) is 3.28. The van der Waals surface area contributed by atoms with Gasteiger partial charge in [0.1, 0.15) is 5.39 Å². The van der Waals surface area contributed by atoms with Crippen LogP contribution in [-0.2, 0) is 10.3 Å². The number of hydrogen-bond acceptors (Lipinski definition) is 6. The number of nitrogens with one attached hydrogen (secondary N) is 2. The topological polar surface area (TPSA) is 133 Å². The normalized spacial score (nSPS) is 21.2. The van der Waals surface area contributed by atoms with Crippen molar-refractivity contribution in [3.8, 4) is 0 Å². The van der Waals surface area contributed by atoms with Crippen molar-refractivity contribution in [2.75, 3.05) is 31.6 Å². The second kappa shape index (κ2) is 10.4. The number of fused-ring (bicyclic) bond motifs is 1. The van der Waals surface area contributed by atoms with Gasteiger partial charge in [0.15, 0.2) is 5.82 Å². The second-order valence-electron chi connectivity index (χ2n) is 10.8. The SMILES string of the molecule is CCC1(n2nc(Nc3ccc(C(=O)N4[C@@H](C)COC[C@@H]4C)c(C)c3)c3c(=O)[nH]ccc32)CCN(C(=O)O)CC1. The molecule has 0 radical (unpaired) electrons. The van der Waals surface area contributed by atoms with Gasteiger partial charge in [-0.15, -0.1) is 0 Å². The fraction of sp³-hybridized carbons (Fsp3) is 0.500. The van der Waals surface area contributed by atoms with E-state index in [0.29, 0.717) is 67.1 Å². The Morgan fingerprint density at radius 1 is 1.18 bits per heavy atom. The highest BCUT2D eigenvalue weighted by atomic mass is 16.5. The Bertz CT molecular complexity index is 1440. The van der Waals surface area contributed by atoms with Gasteiger partial charge in [0, 0.05) is 30.5 Å². The van der Waals surface area contributed by atoms with E-state index in [1.165, 1.54) is 4.90 Å². The van der Waals surface area contributed by atoms with E-state index in [-0.39, 0.29) is 23.6 Å². The lowest BCUT2D eigenvalue weighted by Crippen LogP contribution is -2.52. The van der Waals surface area contributed by atoms with E-state index >= 15 is 0 Å². The molecule has 5 rings (SSSR count). The van der Waals surface area contributed by atoms with Gasteiger partial charge >= 0.3 is 6.09 Å². The number of benzene rings is 1. The van der Waals surface area contributed by atoms with E-state index in [4.69, 9.17) is 9.84 Å². The maximum absolute atomic E-state index is 13.4. The number of pyridine rings is 1. The summed E-state index contributed by atoms with van der Waals surface area (Å²) in [6.07, 6.45) is 2.65. The summed E-state index contributed by atoms with van der Waals surface area (Å²) in [5.41, 5.74) is 2.20. The van der Waals surface area contributed by atoms with Gasteiger partial charge in [0.25, 0.3) is 11.5 Å². The maximum Gasteiger partial charge on any atom is 0.407 e. The molecule has 39 heavy (non-hydrogen) atoms. The largest absolute Gasteiger partial charge is 0.465 e. The standard InChI is InChI=1S/C28H36N6O5/c1-5-28(9-12-32(13-10-28)27(37)38)34-22-8-11-29-25(35)23(22)24(31-34)30-20-6-7-21(17(2)14-20)26(36)33-18(3)15-39-16-19(33)4/h6-8,11,14,18-19H,5,9-10,12-13,15-16H2,1-4H3,(H,29,35)(H,30,31)(H,37,38)/t18-,19-/m0/s1. The van der Waals surface area contributed by atoms with Crippen LogP contribution in [0.4, 0.5) is 16.3 Å². The number of piperidine rings is 1. The number of carbonyl (C=O) groups is 2. The van der Waals surface area contributed by atoms with Crippen molar-refractivity contribution in [3.63, 3.8) is 0 Å².